The minimum atomic E-state index is 0.0845. The molecule has 0 saturated carbocycles. The molecule has 0 atom stereocenters. The lowest BCUT2D eigenvalue weighted by molar-refractivity contribution is 0.103. The lowest BCUT2D eigenvalue weighted by Gasteiger charge is -2.07. The molecule has 2 aromatic carbocycles. The van der Waals surface area contributed by atoms with Crippen LogP contribution in [0.15, 0.2) is 42.6 Å². The van der Waals surface area contributed by atoms with Crippen LogP contribution in [0.1, 0.15) is 32.6 Å². The number of aromatic nitrogens is 1. The number of aromatic amines is 1. The van der Waals surface area contributed by atoms with E-state index in [-0.39, 0.29) is 5.78 Å². The molecule has 0 aliphatic heterocycles. The Morgan fingerprint density at radius 2 is 1.80 bits per heavy atom. The van der Waals surface area contributed by atoms with Crippen molar-refractivity contribution in [1.29, 1.82) is 0 Å². The van der Waals surface area contributed by atoms with Gasteiger partial charge in [0, 0.05) is 28.2 Å². The van der Waals surface area contributed by atoms with E-state index in [1.54, 1.807) is 0 Å². The first-order valence-corrected chi connectivity index (χ1v) is 6.76. The van der Waals surface area contributed by atoms with Gasteiger partial charge in [-0.25, -0.2) is 0 Å². The summed E-state index contributed by atoms with van der Waals surface area (Å²) >= 11 is 0. The molecule has 100 valence electrons. The molecule has 0 radical (unpaired) electrons. The predicted molar refractivity (Wildman–Crippen MR) is 82.4 cm³/mol. The molecule has 0 fully saturated rings. The number of fused-ring (bicyclic) bond motifs is 1. The summed E-state index contributed by atoms with van der Waals surface area (Å²) in [5, 5.41) is 0.988. The number of nitrogens with one attached hydrogen (secondary N) is 1. The molecule has 0 spiro atoms. The highest BCUT2D eigenvalue weighted by atomic mass is 16.1. The van der Waals surface area contributed by atoms with Crippen LogP contribution in [0.3, 0.4) is 0 Å². The number of H-pyrrole nitrogens is 1. The van der Waals surface area contributed by atoms with Gasteiger partial charge in [0.15, 0.2) is 5.78 Å². The molecule has 0 bridgehead atoms. The Labute approximate surface area is 118 Å². The second-order valence-electron chi connectivity index (χ2n) is 5.33. The van der Waals surface area contributed by atoms with E-state index in [1.807, 2.05) is 57.3 Å². The normalized spacial score (nSPS) is 10.9. The lowest BCUT2D eigenvalue weighted by atomic mass is 9.96. The van der Waals surface area contributed by atoms with Gasteiger partial charge in [-0.05, 0) is 43.5 Å². The van der Waals surface area contributed by atoms with Crippen molar-refractivity contribution in [2.24, 2.45) is 0 Å². The van der Waals surface area contributed by atoms with Gasteiger partial charge in [-0.3, -0.25) is 4.79 Å². The molecule has 3 rings (SSSR count). The maximum atomic E-state index is 12.8. The van der Waals surface area contributed by atoms with Gasteiger partial charge in [0.1, 0.15) is 0 Å². The minimum absolute atomic E-state index is 0.0845. The van der Waals surface area contributed by atoms with Crippen LogP contribution in [0.25, 0.3) is 10.9 Å². The highest BCUT2D eigenvalue weighted by Crippen LogP contribution is 2.24. The molecule has 0 amide bonds. The first-order chi connectivity index (χ1) is 9.58. The van der Waals surface area contributed by atoms with Crippen LogP contribution in [0.2, 0.25) is 0 Å². The SMILES string of the molecule is Cc1ccc2c(C(=O)c3cccc(C)c3C)c[nH]c2c1. The third-order valence-corrected chi connectivity index (χ3v) is 3.93. The molecule has 1 heterocycles. The first-order valence-electron chi connectivity index (χ1n) is 6.76. The Kier molecular flexibility index (Phi) is 2.94. The third-order valence-electron chi connectivity index (χ3n) is 3.93. The van der Waals surface area contributed by atoms with E-state index in [0.29, 0.717) is 0 Å². The van der Waals surface area contributed by atoms with Crippen LogP contribution in [-0.4, -0.2) is 10.8 Å². The summed E-state index contributed by atoms with van der Waals surface area (Å²) in [6.45, 7) is 6.08. The maximum absolute atomic E-state index is 12.8. The number of carbonyl (C=O) groups excluding carboxylic acids is 1. The first kappa shape index (κ1) is 12.7. The number of aryl methyl sites for hydroxylation is 2. The molecular formula is C18H17NO. The molecule has 3 aromatic rings. The number of carbonyl (C=O) groups is 1. The fourth-order valence-corrected chi connectivity index (χ4v) is 2.57. The van der Waals surface area contributed by atoms with E-state index in [9.17, 15) is 4.79 Å². The molecule has 0 saturated heterocycles. The van der Waals surface area contributed by atoms with Crippen LogP contribution in [-0.2, 0) is 0 Å². The number of rotatable bonds is 2. The van der Waals surface area contributed by atoms with Crippen molar-refractivity contribution < 1.29 is 4.79 Å². The van der Waals surface area contributed by atoms with Crippen molar-refractivity contribution in [3.05, 3.63) is 70.4 Å². The van der Waals surface area contributed by atoms with Gasteiger partial charge < -0.3 is 4.98 Å². The van der Waals surface area contributed by atoms with Crippen LogP contribution < -0.4 is 0 Å². The van der Waals surface area contributed by atoms with Crippen molar-refractivity contribution in [2.45, 2.75) is 20.8 Å². The standard InChI is InChI=1S/C18H17NO/c1-11-7-8-15-16(10-19-17(15)9-11)18(20)14-6-4-5-12(2)13(14)3/h4-10,19H,1-3H3. The van der Waals surface area contributed by atoms with Crippen molar-refractivity contribution >= 4 is 16.7 Å². The molecule has 20 heavy (non-hydrogen) atoms. The quantitative estimate of drug-likeness (QED) is 0.686. The summed E-state index contributed by atoms with van der Waals surface area (Å²) in [4.78, 5) is 16.0. The molecular weight excluding hydrogens is 246 g/mol. The van der Waals surface area contributed by atoms with E-state index in [1.165, 1.54) is 5.56 Å². The number of hydrogen-bond donors (Lipinski definition) is 1. The largest absolute Gasteiger partial charge is 0.360 e. The van der Waals surface area contributed by atoms with E-state index in [0.717, 1.165) is 33.2 Å². The Bertz CT molecular complexity index is 811. The molecule has 0 aliphatic rings. The summed E-state index contributed by atoms with van der Waals surface area (Å²) in [6.07, 6.45) is 1.81. The maximum Gasteiger partial charge on any atom is 0.195 e. The van der Waals surface area contributed by atoms with E-state index < -0.39 is 0 Å². The van der Waals surface area contributed by atoms with E-state index >= 15 is 0 Å². The van der Waals surface area contributed by atoms with Gasteiger partial charge in [-0.15, -0.1) is 0 Å². The highest BCUT2D eigenvalue weighted by molar-refractivity contribution is 6.17. The van der Waals surface area contributed by atoms with Crippen LogP contribution in [0.5, 0.6) is 0 Å². The second-order valence-corrected chi connectivity index (χ2v) is 5.33. The Morgan fingerprint density at radius 1 is 1.00 bits per heavy atom. The van der Waals surface area contributed by atoms with Gasteiger partial charge in [0.25, 0.3) is 0 Å². The Balaban J connectivity index is 2.16. The smallest absolute Gasteiger partial charge is 0.195 e. The Morgan fingerprint density at radius 3 is 2.60 bits per heavy atom. The van der Waals surface area contributed by atoms with Crippen LogP contribution >= 0.6 is 0 Å². The molecule has 1 aromatic heterocycles. The predicted octanol–water partition coefficient (Wildman–Crippen LogP) is 4.32. The number of hydrogen-bond acceptors (Lipinski definition) is 1. The van der Waals surface area contributed by atoms with E-state index in [4.69, 9.17) is 0 Å². The summed E-state index contributed by atoms with van der Waals surface area (Å²) in [5.41, 5.74) is 5.93. The van der Waals surface area contributed by atoms with Gasteiger partial charge in [0.2, 0.25) is 0 Å². The van der Waals surface area contributed by atoms with Crippen LogP contribution in [0, 0.1) is 20.8 Å². The zero-order valence-corrected chi connectivity index (χ0v) is 11.9. The zero-order valence-electron chi connectivity index (χ0n) is 11.9. The summed E-state index contributed by atoms with van der Waals surface area (Å²) in [6, 6.07) is 12.0. The summed E-state index contributed by atoms with van der Waals surface area (Å²) < 4.78 is 0. The fourth-order valence-electron chi connectivity index (χ4n) is 2.57. The summed E-state index contributed by atoms with van der Waals surface area (Å²) in [7, 11) is 0. The lowest BCUT2D eigenvalue weighted by Crippen LogP contribution is -2.04. The number of ketones is 1. The highest BCUT2D eigenvalue weighted by Gasteiger charge is 2.16. The van der Waals surface area contributed by atoms with Crippen molar-refractivity contribution in [3.63, 3.8) is 0 Å². The molecule has 1 N–H and O–H groups in total. The second kappa shape index (κ2) is 4.64. The van der Waals surface area contributed by atoms with E-state index in [2.05, 4.69) is 11.1 Å². The molecule has 2 heteroatoms. The zero-order chi connectivity index (χ0) is 14.3. The molecule has 2 nitrogen and oxygen atoms in total. The van der Waals surface area contributed by atoms with Gasteiger partial charge in [-0.2, -0.15) is 0 Å². The van der Waals surface area contributed by atoms with Crippen molar-refractivity contribution in [2.75, 3.05) is 0 Å². The molecule has 0 aliphatic carbocycles. The van der Waals surface area contributed by atoms with Gasteiger partial charge >= 0.3 is 0 Å². The number of benzene rings is 2. The topological polar surface area (TPSA) is 32.9 Å². The van der Waals surface area contributed by atoms with Gasteiger partial charge in [0.05, 0.1) is 0 Å². The van der Waals surface area contributed by atoms with Crippen LogP contribution in [0.4, 0.5) is 0 Å². The molecule has 0 unspecified atom stereocenters. The average molecular weight is 263 g/mol. The monoisotopic (exact) mass is 263 g/mol. The van der Waals surface area contributed by atoms with Crippen molar-refractivity contribution in [1.82, 2.24) is 4.98 Å². The van der Waals surface area contributed by atoms with Crippen molar-refractivity contribution in [3.8, 4) is 0 Å². The summed E-state index contributed by atoms with van der Waals surface area (Å²) in [5.74, 6) is 0.0845. The van der Waals surface area contributed by atoms with Gasteiger partial charge in [-0.1, -0.05) is 30.3 Å². The average Bonchev–Trinajstić information content (AvgIpc) is 2.84. The third kappa shape index (κ3) is 1.94. The Hall–Kier alpha value is -2.35. The fraction of sp³-hybridized carbons (Fsp3) is 0.167. The minimum Gasteiger partial charge on any atom is -0.360 e.